The maximum atomic E-state index is 11.9. The number of para-hydroxylation sites is 2. The van der Waals surface area contributed by atoms with Crippen molar-refractivity contribution >= 4 is 11.6 Å². The highest BCUT2D eigenvalue weighted by Gasteiger charge is 2.25. The first-order chi connectivity index (χ1) is 8.34. The summed E-state index contributed by atoms with van der Waals surface area (Å²) >= 11 is 0. The number of amides is 1. The molecule has 0 radical (unpaired) electrons. The van der Waals surface area contributed by atoms with Crippen molar-refractivity contribution in [3.05, 3.63) is 35.6 Å². The molecule has 0 saturated carbocycles. The summed E-state index contributed by atoms with van der Waals surface area (Å²) in [4.78, 5) is 11.9. The summed E-state index contributed by atoms with van der Waals surface area (Å²) < 4.78 is 5.72. The largest absolute Gasteiger partial charge is 0.449 e. The van der Waals surface area contributed by atoms with Crippen molar-refractivity contribution in [2.75, 3.05) is 18.4 Å². The Hall–Kier alpha value is -1.81. The van der Waals surface area contributed by atoms with Gasteiger partial charge in [0.25, 0.3) is 5.91 Å². The number of ether oxygens (including phenoxy) is 1. The van der Waals surface area contributed by atoms with Gasteiger partial charge in [-0.05, 0) is 43.6 Å². The van der Waals surface area contributed by atoms with E-state index in [1.807, 2.05) is 24.3 Å². The molecule has 2 aliphatic heterocycles. The first-order valence-electron chi connectivity index (χ1n) is 5.85. The lowest BCUT2D eigenvalue weighted by Gasteiger charge is -2.24. The monoisotopic (exact) mass is 230 g/mol. The van der Waals surface area contributed by atoms with Crippen molar-refractivity contribution in [3.63, 3.8) is 0 Å². The lowest BCUT2D eigenvalue weighted by atomic mass is 10.0. The Morgan fingerprint density at radius 3 is 2.71 bits per heavy atom. The topological polar surface area (TPSA) is 50.4 Å². The molecule has 88 valence electrons. The summed E-state index contributed by atoms with van der Waals surface area (Å²) in [5.41, 5.74) is 1.85. The zero-order valence-corrected chi connectivity index (χ0v) is 9.45. The molecule has 4 nitrogen and oxygen atoms in total. The van der Waals surface area contributed by atoms with Crippen LogP contribution in [0.15, 0.2) is 35.6 Å². The second kappa shape index (κ2) is 4.22. The van der Waals surface area contributed by atoms with Crippen LogP contribution in [-0.2, 0) is 4.79 Å². The first-order valence-corrected chi connectivity index (χ1v) is 5.85. The standard InChI is InChI=1S/C13H14N2O2/c16-13-12(9-5-7-14-8-6-9)17-11-4-2-1-3-10(11)15-13/h1-4,14H,5-8H2,(H,15,16). The van der Waals surface area contributed by atoms with E-state index in [0.29, 0.717) is 5.76 Å². The van der Waals surface area contributed by atoms with Crippen LogP contribution >= 0.6 is 0 Å². The number of benzene rings is 1. The zero-order chi connectivity index (χ0) is 11.7. The molecule has 0 unspecified atom stereocenters. The molecule has 1 fully saturated rings. The van der Waals surface area contributed by atoms with E-state index in [1.54, 1.807) is 0 Å². The van der Waals surface area contributed by atoms with E-state index in [0.717, 1.165) is 42.9 Å². The van der Waals surface area contributed by atoms with Gasteiger partial charge in [-0.1, -0.05) is 12.1 Å². The molecular formula is C13H14N2O2. The fourth-order valence-electron chi connectivity index (χ4n) is 2.18. The van der Waals surface area contributed by atoms with Gasteiger partial charge in [0.2, 0.25) is 0 Å². The third-order valence-electron chi connectivity index (χ3n) is 3.08. The van der Waals surface area contributed by atoms with E-state index in [-0.39, 0.29) is 5.91 Å². The summed E-state index contributed by atoms with van der Waals surface area (Å²) in [5, 5.41) is 6.13. The van der Waals surface area contributed by atoms with E-state index >= 15 is 0 Å². The van der Waals surface area contributed by atoms with E-state index in [9.17, 15) is 4.79 Å². The summed E-state index contributed by atoms with van der Waals surface area (Å²) in [6.45, 7) is 1.83. The quantitative estimate of drug-likeness (QED) is 0.666. The first kappa shape index (κ1) is 10.4. The minimum atomic E-state index is -0.124. The molecule has 17 heavy (non-hydrogen) atoms. The van der Waals surface area contributed by atoms with Gasteiger partial charge in [-0.15, -0.1) is 0 Å². The van der Waals surface area contributed by atoms with Gasteiger partial charge >= 0.3 is 0 Å². The molecule has 2 N–H and O–H groups in total. The smallest absolute Gasteiger partial charge is 0.291 e. The number of fused-ring (bicyclic) bond motifs is 1. The van der Waals surface area contributed by atoms with Gasteiger partial charge in [-0.2, -0.15) is 0 Å². The Labute approximate surface area is 99.7 Å². The van der Waals surface area contributed by atoms with Crippen molar-refractivity contribution in [3.8, 4) is 5.75 Å². The molecule has 1 amide bonds. The van der Waals surface area contributed by atoms with Crippen LogP contribution in [0.1, 0.15) is 12.8 Å². The molecule has 4 heteroatoms. The van der Waals surface area contributed by atoms with Gasteiger partial charge in [-0.3, -0.25) is 4.79 Å². The van der Waals surface area contributed by atoms with Gasteiger partial charge in [0.1, 0.15) is 0 Å². The number of hydrogen-bond acceptors (Lipinski definition) is 3. The van der Waals surface area contributed by atoms with Gasteiger partial charge in [0, 0.05) is 0 Å². The molecule has 0 bridgehead atoms. The normalized spacial score (nSPS) is 19.4. The average Bonchev–Trinajstić information content (AvgIpc) is 2.39. The zero-order valence-electron chi connectivity index (χ0n) is 9.45. The minimum absolute atomic E-state index is 0.124. The Bertz CT molecular complexity index is 486. The number of carbonyl (C=O) groups is 1. The lowest BCUT2D eigenvalue weighted by molar-refractivity contribution is -0.115. The highest BCUT2D eigenvalue weighted by molar-refractivity contribution is 6.05. The molecule has 1 aromatic carbocycles. The van der Waals surface area contributed by atoms with Crippen LogP contribution in [0.4, 0.5) is 5.69 Å². The second-order valence-corrected chi connectivity index (χ2v) is 4.24. The van der Waals surface area contributed by atoms with Crippen LogP contribution in [0, 0.1) is 0 Å². The molecule has 2 heterocycles. The molecule has 0 atom stereocenters. The van der Waals surface area contributed by atoms with Crippen LogP contribution in [-0.4, -0.2) is 19.0 Å². The second-order valence-electron chi connectivity index (χ2n) is 4.24. The van der Waals surface area contributed by atoms with Gasteiger partial charge < -0.3 is 15.4 Å². The SMILES string of the molecule is O=C1Nc2ccccc2OC1=C1CCNCC1. The van der Waals surface area contributed by atoms with Crippen molar-refractivity contribution in [2.24, 2.45) is 0 Å². The number of carbonyl (C=O) groups excluding carboxylic acids is 1. The van der Waals surface area contributed by atoms with E-state index in [1.165, 1.54) is 0 Å². The number of piperidine rings is 1. The predicted molar refractivity (Wildman–Crippen MR) is 64.8 cm³/mol. The fourth-order valence-corrected chi connectivity index (χ4v) is 2.18. The van der Waals surface area contributed by atoms with Gasteiger partial charge in [0.15, 0.2) is 11.5 Å². The molecule has 1 aromatic rings. The lowest BCUT2D eigenvalue weighted by Crippen LogP contribution is -2.30. The number of rotatable bonds is 0. The Kier molecular flexibility index (Phi) is 2.57. The number of anilines is 1. The average molecular weight is 230 g/mol. The number of hydrogen-bond donors (Lipinski definition) is 2. The van der Waals surface area contributed by atoms with Gasteiger partial charge in [0.05, 0.1) is 5.69 Å². The van der Waals surface area contributed by atoms with Crippen LogP contribution in [0.25, 0.3) is 0 Å². The van der Waals surface area contributed by atoms with Crippen molar-refractivity contribution in [1.82, 2.24) is 5.32 Å². The van der Waals surface area contributed by atoms with Crippen molar-refractivity contribution < 1.29 is 9.53 Å². The Balaban J connectivity index is 1.96. The molecule has 3 rings (SSSR count). The third-order valence-corrected chi connectivity index (χ3v) is 3.08. The minimum Gasteiger partial charge on any atom is -0.449 e. The maximum Gasteiger partial charge on any atom is 0.291 e. The summed E-state index contributed by atoms with van der Waals surface area (Å²) in [5.74, 6) is 1.10. The predicted octanol–water partition coefficient (Wildman–Crippen LogP) is 1.65. The van der Waals surface area contributed by atoms with E-state index in [4.69, 9.17) is 4.74 Å². The van der Waals surface area contributed by atoms with Crippen molar-refractivity contribution in [2.45, 2.75) is 12.8 Å². The van der Waals surface area contributed by atoms with E-state index < -0.39 is 0 Å². The highest BCUT2D eigenvalue weighted by Crippen LogP contribution is 2.32. The molecule has 1 saturated heterocycles. The van der Waals surface area contributed by atoms with E-state index in [2.05, 4.69) is 10.6 Å². The molecule has 0 spiro atoms. The molecular weight excluding hydrogens is 216 g/mol. The molecule has 0 aromatic heterocycles. The molecule has 2 aliphatic rings. The summed E-state index contributed by atoms with van der Waals surface area (Å²) in [6.07, 6.45) is 1.76. The highest BCUT2D eigenvalue weighted by atomic mass is 16.5. The fraction of sp³-hybridized carbons (Fsp3) is 0.308. The summed E-state index contributed by atoms with van der Waals surface area (Å²) in [6, 6.07) is 7.50. The van der Waals surface area contributed by atoms with Crippen LogP contribution in [0.2, 0.25) is 0 Å². The number of nitrogens with one attached hydrogen (secondary N) is 2. The third kappa shape index (κ3) is 1.91. The molecule has 0 aliphatic carbocycles. The van der Waals surface area contributed by atoms with Crippen LogP contribution in [0.5, 0.6) is 5.75 Å². The van der Waals surface area contributed by atoms with Crippen LogP contribution in [0.3, 0.4) is 0 Å². The Morgan fingerprint density at radius 2 is 1.88 bits per heavy atom. The Morgan fingerprint density at radius 1 is 1.12 bits per heavy atom. The summed E-state index contributed by atoms with van der Waals surface area (Å²) in [7, 11) is 0. The van der Waals surface area contributed by atoms with Crippen molar-refractivity contribution in [1.29, 1.82) is 0 Å². The van der Waals surface area contributed by atoms with Gasteiger partial charge in [-0.25, -0.2) is 0 Å². The van der Waals surface area contributed by atoms with Crippen LogP contribution < -0.4 is 15.4 Å². The maximum absolute atomic E-state index is 11.9.